The fourth-order valence-electron chi connectivity index (χ4n) is 3.15. The first kappa shape index (κ1) is 24.7. The zero-order valence-electron chi connectivity index (χ0n) is 17.4. The number of benzene rings is 1. The first-order chi connectivity index (χ1) is 13.9. The number of carbonyl (C=O) groups excluding carboxylic acids is 1. The Kier molecular flexibility index (Phi) is 8.41. The van der Waals surface area contributed by atoms with Gasteiger partial charge in [0.05, 0.1) is 21.3 Å². The minimum Gasteiger partial charge on any atom is -0.352 e. The number of piperidine rings is 1. The second-order valence-electron chi connectivity index (χ2n) is 8.50. The van der Waals surface area contributed by atoms with Crippen LogP contribution < -0.4 is 10.0 Å². The zero-order valence-corrected chi connectivity index (χ0v) is 18.3. The first-order valence-electron chi connectivity index (χ1n) is 9.90. The van der Waals surface area contributed by atoms with Crippen molar-refractivity contribution in [3.8, 4) is 0 Å². The molecule has 0 aliphatic carbocycles. The van der Waals surface area contributed by atoms with Crippen LogP contribution in [0, 0.1) is 11.7 Å². The number of hydrogen-bond acceptors (Lipinski definition) is 3. The van der Waals surface area contributed by atoms with Gasteiger partial charge in [-0.15, -0.1) is 0 Å². The predicted octanol–water partition coefficient (Wildman–Crippen LogP) is 3.34. The van der Waals surface area contributed by atoms with Crippen molar-refractivity contribution in [1.29, 1.82) is 0 Å². The van der Waals surface area contributed by atoms with Gasteiger partial charge in [0.2, 0.25) is 0 Å². The maximum absolute atomic E-state index is 13.5. The van der Waals surface area contributed by atoms with Crippen molar-refractivity contribution in [2.75, 3.05) is 32.7 Å². The van der Waals surface area contributed by atoms with E-state index in [9.17, 15) is 26.6 Å². The Balaban J connectivity index is 1.75. The van der Waals surface area contributed by atoms with Crippen LogP contribution in [0.2, 0.25) is 0 Å². The average molecular weight is 452 g/mol. The van der Waals surface area contributed by atoms with E-state index in [2.05, 4.69) is 14.9 Å². The van der Waals surface area contributed by atoms with Crippen molar-refractivity contribution in [3.63, 3.8) is 0 Å². The number of likely N-dealkylation sites (tertiary alicyclic amines) is 1. The van der Waals surface area contributed by atoms with Crippen LogP contribution in [0.3, 0.4) is 0 Å². The number of nitrogens with zero attached hydrogens (tertiary/aromatic N) is 1. The molecule has 1 aliphatic heterocycles. The van der Waals surface area contributed by atoms with Crippen molar-refractivity contribution < 1.29 is 26.6 Å². The minimum atomic E-state index is -4.71. The molecule has 1 heterocycles. The highest BCUT2D eigenvalue weighted by atomic mass is 32.2. The Bertz CT molecular complexity index is 757. The van der Waals surface area contributed by atoms with Crippen LogP contribution in [0.5, 0.6) is 0 Å². The summed E-state index contributed by atoms with van der Waals surface area (Å²) in [5.74, 6) is -1.60. The highest BCUT2D eigenvalue weighted by Gasteiger charge is 2.32. The van der Waals surface area contributed by atoms with E-state index < -0.39 is 34.4 Å². The molecule has 1 aromatic carbocycles. The van der Waals surface area contributed by atoms with Gasteiger partial charge in [-0.1, -0.05) is 0 Å². The van der Waals surface area contributed by atoms with E-state index in [1.807, 2.05) is 20.8 Å². The number of hydrogen-bond donors (Lipinski definition) is 2. The summed E-state index contributed by atoms with van der Waals surface area (Å²) < 4.78 is 66.5. The fraction of sp³-hybridized carbons (Fsp3) is 0.650. The van der Waals surface area contributed by atoms with Crippen molar-refractivity contribution in [2.24, 2.45) is 5.92 Å². The summed E-state index contributed by atoms with van der Waals surface area (Å²) in [4.78, 5) is 14.4. The monoisotopic (exact) mass is 451 g/mol. The molecule has 10 heteroatoms. The van der Waals surface area contributed by atoms with Crippen molar-refractivity contribution in [1.82, 2.24) is 14.9 Å². The van der Waals surface area contributed by atoms with E-state index in [0.717, 1.165) is 38.5 Å². The second kappa shape index (κ2) is 10.2. The van der Waals surface area contributed by atoms with Crippen molar-refractivity contribution >= 4 is 16.9 Å². The van der Waals surface area contributed by atoms with Gasteiger partial charge in [-0.25, -0.2) is 13.3 Å². The molecule has 1 amide bonds. The summed E-state index contributed by atoms with van der Waals surface area (Å²) in [6, 6.07) is 1.84. The Labute approximate surface area is 177 Å². The molecule has 2 rings (SSSR count). The van der Waals surface area contributed by atoms with Crippen LogP contribution >= 0.6 is 0 Å². The van der Waals surface area contributed by atoms with E-state index in [1.54, 1.807) is 0 Å². The molecule has 0 radical (unpaired) electrons. The van der Waals surface area contributed by atoms with E-state index in [-0.39, 0.29) is 16.2 Å². The van der Waals surface area contributed by atoms with Crippen molar-refractivity contribution in [2.45, 2.75) is 44.5 Å². The summed E-state index contributed by atoms with van der Waals surface area (Å²) in [5.41, 5.74) is -1.51. The Morgan fingerprint density at radius 3 is 2.37 bits per heavy atom. The lowest BCUT2D eigenvalue weighted by atomic mass is 9.96. The van der Waals surface area contributed by atoms with Gasteiger partial charge in [-0.2, -0.15) is 13.2 Å². The smallest absolute Gasteiger partial charge is 0.352 e. The summed E-state index contributed by atoms with van der Waals surface area (Å²) in [6.07, 6.45) is -3.04. The lowest BCUT2D eigenvalue weighted by Gasteiger charge is -2.32. The molecule has 2 N–H and O–H groups in total. The maximum Gasteiger partial charge on any atom is 0.416 e. The third-order valence-corrected chi connectivity index (χ3v) is 6.54. The van der Waals surface area contributed by atoms with Gasteiger partial charge in [0.25, 0.3) is 5.91 Å². The summed E-state index contributed by atoms with van der Waals surface area (Å²) in [6.45, 7) is 9.08. The number of amides is 1. The Morgan fingerprint density at radius 2 is 1.80 bits per heavy atom. The van der Waals surface area contributed by atoms with Crippen LogP contribution in [-0.4, -0.2) is 52.5 Å². The minimum absolute atomic E-state index is 0.206. The van der Waals surface area contributed by atoms with Crippen molar-refractivity contribution in [3.05, 3.63) is 35.1 Å². The van der Waals surface area contributed by atoms with E-state index >= 15 is 0 Å². The third-order valence-electron chi connectivity index (χ3n) is 4.96. The molecule has 5 nitrogen and oxygen atoms in total. The van der Waals surface area contributed by atoms with E-state index in [4.69, 9.17) is 0 Å². The molecule has 1 saturated heterocycles. The molecular weight excluding hydrogens is 422 g/mol. The standard InChI is InChI=1S/C20H29F4N3O2S/c1-19(2,3)30(29)26-6-9-27-7-4-14(5-8-27)13-25-18(28)15-10-16(20(22,23)24)12-17(21)11-15/h10-12,14,26H,4-9,13H2,1-3H3,(H,25,28). The molecule has 1 aromatic rings. The van der Waals surface area contributed by atoms with Gasteiger partial charge in [0.15, 0.2) is 0 Å². The van der Waals surface area contributed by atoms with Crippen LogP contribution in [0.1, 0.15) is 49.5 Å². The molecule has 0 aromatic heterocycles. The zero-order chi connectivity index (χ0) is 22.5. The molecule has 0 bridgehead atoms. The lowest BCUT2D eigenvalue weighted by molar-refractivity contribution is -0.137. The fourth-order valence-corrected chi connectivity index (χ4v) is 3.86. The number of alkyl halides is 3. The molecule has 0 spiro atoms. The molecular formula is C20H29F4N3O2S. The predicted molar refractivity (Wildman–Crippen MR) is 109 cm³/mol. The molecule has 1 fully saturated rings. The topological polar surface area (TPSA) is 61.4 Å². The van der Waals surface area contributed by atoms with E-state index in [1.165, 1.54) is 0 Å². The van der Waals surface area contributed by atoms with Gasteiger partial charge in [-0.3, -0.25) is 4.79 Å². The molecule has 30 heavy (non-hydrogen) atoms. The van der Waals surface area contributed by atoms with Crippen LogP contribution in [0.4, 0.5) is 17.6 Å². The highest BCUT2D eigenvalue weighted by Crippen LogP contribution is 2.30. The Morgan fingerprint density at radius 1 is 1.17 bits per heavy atom. The molecule has 1 atom stereocenters. The largest absolute Gasteiger partial charge is 0.416 e. The highest BCUT2D eigenvalue weighted by molar-refractivity contribution is 7.84. The Hall–Kier alpha value is -1.52. The molecule has 1 aliphatic rings. The third kappa shape index (κ3) is 7.63. The van der Waals surface area contributed by atoms with Gasteiger partial charge in [0, 0.05) is 25.2 Å². The maximum atomic E-state index is 13.5. The molecule has 1 unspecified atom stereocenters. The normalized spacial score (nSPS) is 17.7. The number of nitrogens with one attached hydrogen (secondary N) is 2. The van der Waals surface area contributed by atoms with Gasteiger partial charge < -0.3 is 10.2 Å². The van der Waals surface area contributed by atoms with Gasteiger partial charge in [0.1, 0.15) is 5.82 Å². The lowest BCUT2D eigenvalue weighted by Crippen LogP contribution is -2.43. The van der Waals surface area contributed by atoms with Gasteiger partial charge in [-0.05, 0) is 70.8 Å². The van der Waals surface area contributed by atoms with Crippen LogP contribution in [0.15, 0.2) is 18.2 Å². The van der Waals surface area contributed by atoms with Gasteiger partial charge >= 0.3 is 6.18 Å². The van der Waals surface area contributed by atoms with Crippen LogP contribution in [-0.2, 0) is 17.2 Å². The SMILES string of the molecule is CC(C)(C)S(=O)NCCN1CCC(CNC(=O)c2cc(F)cc(C(F)(F)F)c2)CC1. The number of halogens is 4. The summed E-state index contributed by atoms with van der Waals surface area (Å²) in [7, 11) is -1.11. The number of carbonyl (C=O) groups is 1. The summed E-state index contributed by atoms with van der Waals surface area (Å²) in [5, 5.41) is 2.62. The average Bonchev–Trinajstić information content (AvgIpc) is 2.65. The molecule has 170 valence electrons. The summed E-state index contributed by atoms with van der Waals surface area (Å²) >= 11 is 0. The van der Waals surface area contributed by atoms with Crippen LogP contribution in [0.25, 0.3) is 0 Å². The molecule has 0 saturated carbocycles. The van der Waals surface area contributed by atoms with E-state index in [0.29, 0.717) is 25.2 Å². The quantitative estimate of drug-likeness (QED) is 0.625. The first-order valence-corrected chi connectivity index (χ1v) is 11.0. The second-order valence-corrected chi connectivity index (χ2v) is 10.5. The number of rotatable bonds is 7.